The van der Waals surface area contributed by atoms with Crippen molar-refractivity contribution in [2.75, 3.05) is 12.4 Å². The topological polar surface area (TPSA) is 20.3 Å². The highest BCUT2D eigenvalue weighted by molar-refractivity contribution is 6.18. The molecule has 1 aromatic rings. The van der Waals surface area contributed by atoms with E-state index in [0.29, 0.717) is 19.0 Å². The number of carbonyl (C=O) groups excluding carboxylic acids is 1. The molecule has 0 aliphatic carbocycles. The Morgan fingerprint density at radius 1 is 1.15 bits per heavy atom. The van der Waals surface area contributed by atoms with Gasteiger partial charge in [0, 0.05) is 24.9 Å². The van der Waals surface area contributed by atoms with E-state index in [1.54, 1.807) is 0 Å². The van der Waals surface area contributed by atoms with Crippen LogP contribution >= 0.6 is 11.6 Å². The Hall–Kier alpha value is -1.02. The van der Waals surface area contributed by atoms with Gasteiger partial charge >= 0.3 is 0 Å². The van der Waals surface area contributed by atoms with E-state index in [1.807, 2.05) is 23.1 Å². The van der Waals surface area contributed by atoms with E-state index in [2.05, 4.69) is 26.0 Å². The molecule has 0 bridgehead atoms. The molecule has 20 heavy (non-hydrogen) atoms. The van der Waals surface area contributed by atoms with Gasteiger partial charge in [0.15, 0.2) is 0 Å². The first-order valence-electron chi connectivity index (χ1n) is 7.61. The van der Waals surface area contributed by atoms with Gasteiger partial charge in [0.1, 0.15) is 0 Å². The van der Waals surface area contributed by atoms with Crippen molar-refractivity contribution in [3.8, 4) is 0 Å². The van der Waals surface area contributed by atoms with Crippen molar-refractivity contribution in [1.29, 1.82) is 0 Å². The molecular formula is C17H26ClNO. The number of carbonyl (C=O) groups is 1. The van der Waals surface area contributed by atoms with Crippen LogP contribution in [0.2, 0.25) is 0 Å². The molecule has 1 amide bonds. The third-order valence-electron chi connectivity index (χ3n) is 3.51. The SMILES string of the molecule is CCCC(CCC)C(=O)N(CCCl)Cc1ccccc1. The average Bonchev–Trinajstić information content (AvgIpc) is 2.47. The Balaban J connectivity index is 2.74. The fourth-order valence-corrected chi connectivity index (χ4v) is 2.72. The molecule has 0 spiro atoms. The molecule has 0 aromatic heterocycles. The maximum Gasteiger partial charge on any atom is 0.226 e. The number of benzene rings is 1. The lowest BCUT2D eigenvalue weighted by Gasteiger charge is -2.27. The summed E-state index contributed by atoms with van der Waals surface area (Å²) in [6.07, 6.45) is 4.05. The summed E-state index contributed by atoms with van der Waals surface area (Å²) >= 11 is 5.87. The highest BCUT2D eigenvalue weighted by Crippen LogP contribution is 2.18. The molecule has 0 aliphatic rings. The smallest absolute Gasteiger partial charge is 0.226 e. The van der Waals surface area contributed by atoms with Crippen molar-refractivity contribution in [3.63, 3.8) is 0 Å². The number of amides is 1. The van der Waals surface area contributed by atoms with Gasteiger partial charge in [-0.3, -0.25) is 4.79 Å². The summed E-state index contributed by atoms with van der Waals surface area (Å²) in [7, 11) is 0. The lowest BCUT2D eigenvalue weighted by molar-refractivity contribution is -0.136. The molecule has 1 rings (SSSR count). The predicted molar refractivity (Wildman–Crippen MR) is 85.9 cm³/mol. The lowest BCUT2D eigenvalue weighted by Crippen LogP contribution is -2.37. The third kappa shape index (κ3) is 5.54. The number of alkyl halides is 1. The Bertz CT molecular complexity index is 374. The third-order valence-corrected chi connectivity index (χ3v) is 3.67. The Morgan fingerprint density at radius 3 is 2.25 bits per heavy atom. The average molecular weight is 296 g/mol. The van der Waals surface area contributed by atoms with Crippen LogP contribution < -0.4 is 0 Å². The van der Waals surface area contributed by atoms with Crippen LogP contribution in [-0.4, -0.2) is 23.2 Å². The van der Waals surface area contributed by atoms with Crippen LogP contribution in [0.1, 0.15) is 45.1 Å². The van der Waals surface area contributed by atoms with Crippen LogP contribution in [0.3, 0.4) is 0 Å². The zero-order valence-corrected chi connectivity index (χ0v) is 13.4. The molecule has 1 aromatic carbocycles. The van der Waals surface area contributed by atoms with Crippen molar-refractivity contribution in [3.05, 3.63) is 35.9 Å². The number of rotatable bonds is 9. The maximum absolute atomic E-state index is 12.7. The number of nitrogens with zero attached hydrogens (tertiary/aromatic N) is 1. The second-order valence-corrected chi connectivity index (χ2v) is 5.59. The van der Waals surface area contributed by atoms with Crippen molar-refractivity contribution in [1.82, 2.24) is 4.90 Å². The number of hydrogen-bond acceptors (Lipinski definition) is 1. The summed E-state index contributed by atoms with van der Waals surface area (Å²) < 4.78 is 0. The van der Waals surface area contributed by atoms with Crippen LogP contribution in [0.4, 0.5) is 0 Å². The summed E-state index contributed by atoms with van der Waals surface area (Å²) in [5.41, 5.74) is 1.16. The Labute approximate surface area is 128 Å². The van der Waals surface area contributed by atoms with Gasteiger partial charge in [-0.25, -0.2) is 0 Å². The predicted octanol–water partition coefficient (Wildman–Crippen LogP) is 4.47. The highest BCUT2D eigenvalue weighted by Gasteiger charge is 2.22. The molecule has 0 atom stereocenters. The van der Waals surface area contributed by atoms with E-state index in [1.165, 1.54) is 0 Å². The Kier molecular flexibility index (Phi) is 8.36. The van der Waals surface area contributed by atoms with Crippen molar-refractivity contribution in [2.45, 2.75) is 46.1 Å². The molecule has 0 saturated heterocycles. The summed E-state index contributed by atoms with van der Waals surface area (Å²) in [6.45, 7) is 5.56. The first-order chi connectivity index (χ1) is 9.72. The van der Waals surface area contributed by atoms with Crippen LogP contribution in [0.5, 0.6) is 0 Å². The molecule has 2 nitrogen and oxygen atoms in total. The molecule has 0 aliphatic heterocycles. The van der Waals surface area contributed by atoms with E-state index in [9.17, 15) is 4.79 Å². The Morgan fingerprint density at radius 2 is 1.75 bits per heavy atom. The minimum absolute atomic E-state index is 0.150. The summed E-state index contributed by atoms with van der Waals surface area (Å²) in [5, 5.41) is 0. The number of hydrogen-bond donors (Lipinski definition) is 0. The molecule has 0 N–H and O–H groups in total. The molecule has 0 saturated carbocycles. The monoisotopic (exact) mass is 295 g/mol. The first kappa shape index (κ1) is 17.0. The quantitative estimate of drug-likeness (QED) is 0.616. The second-order valence-electron chi connectivity index (χ2n) is 5.21. The second kappa shape index (κ2) is 9.82. The van der Waals surface area contributed by atoms with Gasteiger partial charge in [-0.2, -0.15) is 0 Å². The van der Waals surface area contributed by atoms with E-state index in [-0.39, 0.29) is 11.8 Å². The van der Waals surface area contributed by atoms with E-state index >= 15 is 0 Å². The molecule has 0 fully saturated rings. The van der Waals surface area contributed by atoms with Crippen molar-refractivity contribution >= 4 is 17.5 Å². The molecular weight excluding hydrogens is 270 g/mol. The highest BCUT2D eigenvalue weighted by atomic mass is 35.5. The molecule has 3 heteroatoms. The van der Waals surface area contributed by atoms with Gasteiger partial charge in [0.25, 0.3) is 0 Å². The van der Waals surface area contributed by atoms with Gasteiger partial charge in [0.2, 0.25) is 5.91 Å². The van der Waals surface area contributed by atoms with Gasteiger partial charge in [-0.15, -0.1) is 11.6 Å². The van der Waals surface area contributed by atoms with Crippen LogP contribution in [-0.2, 0) is 11.3 Å². The molecule has 112 valence electrons. The fourth-order valence-electron chi connectivity index (χ4n) is 2.52. The minimum atomic E-state index is 0.150. The molecule has 0 heterocycles. The summed E-state index contributed by atoms with van der Waals surface area (Å²) in [4.78, 5) is 14.6. The van der Waals surface area contributed by atoms with Gasteiger partial charge in [-0.1, -0.05) is 57.0 Å². The van der Waals surface area contributed by atoms with Gasteiger partial charge in [-0.05, 0) is 18.4 Å². The zero-order valence-electron chi connectivity index (χ0n) is 12.6. The summed E-state index contributed by atoms with van der Waals surface area (Å²) in [5.74, 6) is 0.902. The maximum atomic E-state index is 12.7. The fraction of sp³-hybridized carbons (Fsp3) is 0.588. The largest absolute Gasteiger partial charge is 0.337 e. The van der Waals surface area contributed by atoms with Crippen molar-refractivity contribution in [2.24, 2.45) is 5.92 Å². The van der Waals surface area contributed by atoms with Crippen molar-refractivity contribution < 1.29 is 4.79 Å². The number of halogens is 1. The standard InChI is InChI=1S/C17H26ClNO/c1-3-8-16(9-4-2)17(20)19(13-12-18)14-15-10-6-5-7-11-15/h5-7,10-11,16H,3-4,8-9,12-14H2,1-2H3. The van der Waals surface area contributed by atoms with E-state index < -0.39 is 0 Å². The summed E-state index contributed by atoms with van der Waals surface area (Å²) in [6, 6.07) is 10.1. The first-order valence-corrected chi connectivity index (χ1v) is 8.15. The van der Waals surface area contributed by atoms with Crippen LogP contribution in [0.25, 0.3) is 0 Å². The van der Waals surface area contributed by atoms with Gasteiger partial charge in [0.05, 0.1) is 0 Å². The lowest BCUT2D eigenvalue weighted by atomic mass is 9.96. The molecule has 0 radical (unpaired) electrons. The van der Waals surface area contributed by atoms with Crippen LogP contribution in [0.15, 0.2) is 30.3 Å². The van der Waals surface area contributed by atoms with Crippen LogP contribution in [0, 0.1) is 5.92 Å². The zero-order chi connectivity index (χ0) is 14.8. The van der Waals surface area contributed by atoms with Gasteiger partial charge < -0.3 is 4.90 Å². The molecule has 0 unspecified atom stereocenters. The van der Waals surface area contributed by atoms with E-state index in [0.717, 1.165) is 31.2 Å². The minimum Gasteiger partial charge on any atom is -0.337 e. The van der Waals surface area contributed by atoms with E-state index in [4.69, 9.17) is 11.6 Å². The normalized spacial score (nSPS) is 10.8.